The predicted molar refractivity (Wildman–Crippen MR) is 109 cm³/mol. The Morgan fingerprint density at radius 2 is 1.86 bits per heavy atom. The number of nitrogens with one attached hydrogen (secondary N) is 2. The predicted octanol–water partition coefficient (Wildman–Crippen LogP) is 2.69. The maximum Gasteiger partial charge on any atom is 0.240 e. The van der Waals surface area contributed by atoms with E-state index in [1.54, 1.807) is 0 Å². The highest BCUT2D eigenvalue weighted by atomic mass is 35.5. The van der Waals surface area contributed by atoms with Gasteiger partial charge in [-0.15, -0.1) is 0 Å². The molecule has 3 rings (SSSR count). The Labute approximate surface area is 168 Å². The average molecular weight is 421 g/mol. The van der Waals surface area contributed by atoms with Crippen molar-refractivity contribution in [2.24, 2.45) is 0 Å². The topological polar surface area (TPSA) is 93.1 Å². The van der Waals surface area contributed by atoms with Gasteiger partial charge in [0.2, 0.25) is 15.9 Å². The van der Waals surface area contributed by atoms with E-state index in [0.717, 1.165) is 23.4 Å². The maximum atomic E-state index is 12.2. The number of carbonyl (C=O) groups excluding carboxylic acids is 1. The highest BCUT2D eigenvalue weighted by molar-refractivity contribution is 7.89. The molecule has 0 saturated carbocycles. The number of halogens is 1. The van der Waals surface area contributed by atoms with Crippen molar-refractivity contribution in [1.82, 2.24) is 19.6 Å². The lowest BCUT2D eigenvalue weighted by Crippen LogP contribution is -2.31. The number of nitrogens with zero attached hydrogens (tertiary/aromatic N) is 2. The second-order valence-corrected chi connectivity index (χ2v) is 8.34. The van der Waals surface area contributed by atoms with Crippen LogP contribution in [0.1, 0.15) is 19.2 Å². The number of hydrogen-bond acceptors (Lipinski definition) is 4. The molecule has 2 N–H and O–H groups in total. The number of rotatable bonds is 8. The maximum absolute atomic E-state index is 12.2. The van der Waals surface area contributed by atoms with Gasteiger partial charge in [0.25, 0.3) is 0 Å². The molecule has 7 nitrogen and oxygen atoms in total. The molecule has 0 aliphatic carbocycles. The molecule has 0 atom stereocenters. The summed E-state index contributed by atoms with van der Waals surface area (Å²) >= 11 is 5.77. The standard InChI is InChI=1S/C19H21ClN4O3S/c1-2-24-17-6-4-3-5-16(17)23-18(24)13-21-19(25)11-12-22-28(26,27)15-9-7-14(20)8-10-15/h3-10,22H,2,11-13H2,1H3,(H,21,25). The number of aromatic nitrogens is 2. The second kappa shape index (κ2) is 8.72. The Kier molecular flexibility index (Phi) is 6.33. The number of carbonyl (C=O) groups is 1. The monoisotopic (exact) mass is 420 g/mol. The largest absolute Gasteiger partial charge is 0.349 e. The van der Waals surface area contributed by atoms with Crippen LogP contribution in [0.3, 0.4) is 0 Å². The third-order valence-corrected chi connectivity index (χ3v) is 5.99. The zero-order valence-corrected chi connectivity index (χ0v) is 16.9. The first kappa shape index (κ1) is 20.3. The van der Waals surface area contributed by atoms with Crippen molar-refractivity contribution in [3.63, 3.8) is 0 Å². The third-order valence-electron chi connectivity index (χ3n) is 4.26. The quantitative estimate of drug-likeness (QED) is 0.586. The fourth-order valence-corrected chi connectivity index (χ4v) is 4.03. The number of para-hydroxylation sites is 2. The minimum atomic E-state index is -3.67. The van der Waals surface area contributed by atoms with E-state index in [0.29, 0.717) is 5.02 Å². The van der Waals surface area contributed by atoms with E-state index in [9.17, 15) is 13.2 Å². The first-order valence-electron chi connectivity index (χ1n) is 8.87. The third kappa shape index (κ3) is 4.70. The zero-order chi connectivity index (χ0) is 20.1. The van der Waals surface area contributed by atoms with Gasteiger partial charge in [0, 0.05) is 24.5 Å². The number of benzene rings is 2. The fourth-order valence-electron chi connectivity index (χ4n) is 2.88. The summed E-state index contributed by atoms with van der Waals surface area (Å²) in [5.41, 5.74) is 1.90. The molecule has 0 unspecified atom stereocenters. The molecule has 0 spiro atoms. The Morgan fingerprint density at radius 1 is 1.14 bits per heavy atom. The summed E-state index contributed by atoms with van der Waals surface area (Å²) in [7, 11) is -3.67. The Hall–Kier alpha value is -2.42. The van der Waals surface area contributed by atoms with Crippen molar-refractivity contribution < 1.29 is 13.2 Å². The SMILES string of the molecule is CCn1c(CNC(=O)CCNS(=O)(=O)c2ccc(Cl)cc2)nc2ccccc21. The first-order valence-corrected chi connectivity index (χ1v) is 10.7. The normalized spacial score (nSPS) is 11.6. The van der Waals surface area contributed by atoms with E-state index in [1.165, 1.54) is 24.3 Å². The van der Waals surface area contributed by atoms with Crippen LogP contribution in [0.5, 0.6) is 0 Å². The van der Waals surface area contributed by atoms with E-state index in [-0.39, 0.29) is 30.3 Å². The van der Waals surface area contributed by atoms with E-state index >= 15 is 0 Å². The summed E-state index contributed by atoms with van der Waals surface area (Å²) in [6, 6.07) is 13.6. The highest BCUT2D eigenvalue weighted by Gasteiger charge is 2.14. The van der Waals surface area contributed by atoms with E-state index in [2.05, 4.69) is 15.0 Å². The molecule has 0 aliphatic heterocycles. The summed E-state index contributed by atoms with van der Waals surface area (Å²) in [4.78, 5) is 16.8. The minimum absolute atomic E-state index is 0.000979. The highest BCUT2D eigenvalue weighted by Crippen LogP contribution is 2.16. The Bertz CT molecular complexity index is 1080. The zero-order valence-electron chi connectivity index (χ0n) is 15.4. The van der Waals surface area contributed by atoms with Crippen LogP contribution in [0.25, 0.3) is 11.0 Å². The molecule has 9 heteroatoms. The van der Waals surface area contributed by atoms with Crippen LogP contribution in [-0.2, 0) is 27.9 Å². The van der Waals surface area contributed by atoms with E-state index in [1.807, 2.05) is 35.8 Å². The fraction of sp³-hybridized carbons (Fsp3) is 0.263. The van der Waals surface area contributed by atoms with Gasteiger partial charge >= 0.3 is 0 Å². The molecular formula is C19H21ClN4O3S. The van der Waals surface area contributed by atoms with Gasteiger partial charge in [0.05, 0.1) is 22.5 Å². The van der Waals surface area contributed by atoms with Crippen LogP contribution >= 0.6 is 11.6 Å². The number of aryl methyl sites for hydroxylation is 1. The molecule has 0 aliphatic rings. The molecule has 0 bridgehead atoms. The van der Waals surface area contributed by atoms with Crippen molar-refractivity contribution in [3.8, 4) is 0 Å². The van der Waals surface area contributed by atoms with Crippen LogP contribution in [0.4, 0.5) is 0 Å². The van der Waals surface area contributed by atoms with Gasteiger partial charge in [0.15, 0.2) is 0 Å². The Morgan fingerprint density at radius 3 is 2.57 bits per heavy atom. The van der Waals surface area contributed by atoms with Crippen LogP contribution in [0, 0.1) is 0 Å². The van der Waals surface area contributed by atoms with Crippen LogP contribution in [-0.4, -0.2) is 30.4 Å². The van der Waals surface area contributed by atoms with E-state index in [4.69, 9.17) is 11.6 Å². The van der Waals surface area contributed by atoms with Crippen molar-refractivity contribution >= 4 is 38.6 Å². The van der Waals surface area contributed by atoms with Crippen molar-refractivity contribution in [2.75, 3.05) is 6.54 Å². The van der Waals surface area contributed by atoms with Crippen LogP contribution in [0.2, 0.25) is 5.02 Å². The number of imidazole rings is 1. The number of hydrogen-bond donors (Lipinski definition) is 2. The average Bonchev–Trinajstić information content (AvgIpc) is 3.04. The lowest BCUT2D eigenvalue weighted by Gasteiger charge is -2.09. The van der Waals surface area contributed by atoms with Gasteiger partial charge in [-0.25, -0.2) is 18.1 Å². The molecule has 1 amide bonds. The van der Waals surface area contributed by atoms with E-state index < -0.39 is 10.0 Å². The summed E-state index contributed by atoms with van der Waals surface area (Å²) < 4.78 is 28.8. The van der Waals surface area contributed by atoms with Crippen LogP contribution in [0.15, 0.2) is 53.4 Å². The van der Waals surface area contributed by atoms with Gasteiger partial charge in [0.1, 0.15) is 5.82 Å². The van der Waals surface area contributed by atoms with Crippen molar-refractivity contribution in [3.05, 3.63) is 59.4 Å². The van der Waals surface area contributed by atoms with Gasteiger partial charge in [-0.05, 0) is 43.3 Å². The molecular weight excluding hydrogens is 400 g/mol. The van der Waals surface area contributed by atoms with Gasteiger partial charge in [-0.1, -0.05) is 23.7 Å². The summed E-state index contributed by atoms with van der Waals surface area (Å²) in [6.07, 6.45) is 0.0270. The van der Waals surface area contributed by atoms with Gasteiger partial charge in [-0.3, -0.25) is 4.79 Å². The molecule has 3 aromatic rings. The molecule has 0 saturated heterocycles. The number of sulfonamides is 1. The van der Waals surface area contributed by atoms with Crippen molar-refractivity contribution in [2.45, 2.75) is 31.3 Å². The molecule has 28 heavy (non-hydrogen) atoms. The molecule has 0 fully saturated rings. The molecule has 0 radical (unpaired) electrons. The molecule has 1 heterocycles. The summed E-state index contributed by atoms with van der Waals surface area (Å²) in [5, 5.41) is 3.25. The van der Waals surface area contributed by atoms with Gasteiger partial charge < -0.3 is 9.88 Å². The summed E-state index contributed by atoms with van der Waals surface area (Å²) in [5.74, 6) is 0.507. The summed E-state index contributed by atoms with van der Waals surface area (Å²) in [6.45, 7) is 3.05. The minimum Gasteiger partial charge on any atom is -0.349 e. The Balaban J connectivity index is 1.53. The molecule has 2 aromatic carbocycles. The van der Waals surface area contributed by atoms with Crippen molar-refractivity contribution in [1.29, 1.82) is 0 Å². The second-order valence-electron chi connectivity index (χ2n) is 6.14. The molecule has 1 aromatic heterocycles. The smallest absolute Gasteiger partial charge is 0.240 e. The van der Waals surface area contributed by atoms with Crippen LogP contribution < -0.4 is 10.0 Å². The number of amides is 1. The molecule has 148 valence electrons. The first-order chi connectivity index (χ1) is 13.4. The number of fused-ring (bicyclic) bond motifs is 1. The van der Waals surface area contributed by atoms with Gasteiger partial charge in [-0.2, -0.15) is 0 Å². The lowest BCUT2D eigenvalue weighted by atomic mass is 10.3. The lowest BCUT2D eigenvalue weighted by molar-refractivity contribution is -0.121.